The molecule has 0 aliphatic heterocycles. The highest BCUT2D eigenvalue weighted by Crippen LogP contribution is 2.31. The molecule has 0 unspecified atom stereocenters. The van der Waals surface area contributed by atoms with Crippen LogP contribution in [0.5, 0.6) is 5.75 Å². The molecule has 0 saturated heterocycles. The summed E-state index contributed by atoms with van der Waals surface area (Å²) in [6.45, 7) is 2.16. The SMILES string of the molecule is CCOOc1c(CO)c(I)nc2ccccc12. The summed E-state index contributed by atoms with van der Waals surface area (Å²) in [5.74, 6) is 0.546. The van der Waals surface area contributed by atoms with Gasteiger partial charge in [0, 0.05) is 5.39 Å². The lowest BCUT2D eigenvalue weighted by Gasteiger charge is -2.12. The van der Waals surface area contributed by atoms with Crippen molar-refractivity contribution in [3.63, 3.8) is 0 Å². The number of nitrogens with zero attached hydrogens (tertiary/aromatic N) is 1. The zero-order chi connectivity index (χ0) is 12.3. The monoisotopic (exact) mass is 345 g/mol. The minimum Gasteiger partial charge on any atom is -0.391 e. The van der Waals surface area contributed by atoms with Gasteiger partial charge < -0.3 is 9.99 Å². The van der Waals surface area contributed by atoms with Crippen LogP contribution in [0.4, 0.5) is 0 Å². The Kier molecular flexibility index (Phi) is 4.14. The smallest absolute Gasteiger partial charge is 0.182 e. The number of hydrogen-bond acceptors (Lipinski definition) is 4. The number of hydrogen-bond donors (Lipinski definition) is 1. The summed E-state index contributed by atoms with van der Waals surface area (Å²) in [4.78, 5) is 14.7. The average Bonchev–Trinajstić information content (AvgIpc) is 2.35. The molecule has 2 rings (SSSR count). The maximum absolute atomic E-state index is 9.38. The normalized spacial score (nSPS) is 10.8. The molecule has 4 nitrogen and oxygen atoms in total. The van der Waals surface area contributed by atoms with Crippen molar-refractivity contribution < 1.29 is 14.9 Å². The number of aliphatic hydroxyl groups excluding tert-OH is 1. The van der Waals surface area contributed by atoms with Crippen LogP contribution in [0, 0.1) is 3.70 Å². The van der Waals surface area contributed by atoms with Gasteiger partial charge in [0.1, 0.15) is 3.70 Å². The Hall–Kier alpha value is -0.920. The van der Waals surface area contributed by atoms with Crippen molar-refractivity contribution in [3.8, 4) is 5.75 Å². The number of fused-ring (bicyclic) bond motifs is 1. The van der Waals surface area contributed by atoms with E-state index in [0.717, 1.165) is 14.6 Å². The molecule has 5 heteroatoms. The van der Waals surface area contributed by atoms with E-state index < -0.39 is 0 Å². The molecular weight excluding hydrogens is 333 g/mol. The lowest BCUT2D eigenvalue weighted by molar-refractivity contribution is -0.201. The predicted octanol–water partition coefficient (Wildman–Crippen LogP) is 2.66. The number of pyridine rings is 1. The Morgan fingerprint density at radius 1 is 1.35 bits per heavy atom. The summed E-state index contributed by atoms with van der Waals surface area (Å²) in [5.41, 5.74) is 1.47. The minimum atomic E-state index is -0.126. The lowest BCUT2D eigenvalue weighted by Crippen LogP contribution is -2.03. The van der Waals surface area contributed by atoms with Gasteiger partial charge in [-0.05, 0) is 41.6 Å². The van der Waals surface area contributed by atoms with E-state index in [1.165, 1.54) is 0 Å². The van der Waals surface area contributed by atoms with Crippen LogP contribution >= 0.6 is 22.6 Å². The van der Waals surface area contributed by atoms with Gasteiger partial charge in [-0.1, -0.05) is 12.1 Å². The molecule has 0 fully saturated rings. The van der Waals surface area contributed by atoms with Crippen LogP contribution in [0.15, 0.2) is 24.3 Å². The average molecular weight is 345 g/mol. The molecule has 0 atom stereocenters. The molecule has 0 spiro atoms. The molecule has 0 amide bonds. The molecule has 0 bridgehead atoms. The van der Waals surface area contributed by atoms with Crippen LogP contribution in [-0.4, -0.2) is 16.7 Å². The zero-order valence-electron chi connectivity index (χ0n) is 9.31. The van der Waals surface area contributed by atoms with E-state index >= 15 is 0 Å². The van der Waals surface area contributed by atoms with Crippen molar-refractivity contribution in [1.82, 2.24) is 4.98 Å². The van der Waals surface area contributed by atoms with Gasteiger partial charge in [0.15, 0.2) is 5.75 Å². The van der Waals surface area contributed by atoms with E-state index in [2.05, 4.69) is 27.6 Å². The molecule has 1 aromatic heterocycles. The second-order valence-electron chi connectivity index (χ2n) is 3.38. The Bertz CT molecular complexity index is 530. The number of para-hydroxylation sites is 1. The van der Waals surface area contributed by atoms with E-state index in [1.54, 1.807) is 0 Å². The first-order valence-electron chi connectivity index (χ1n) is 5.25. The summed E-state index contributed by atoms with van der Waals surface area (Å²) in [5, 5.41) is 10.2. The Balaban J connectivity index is 2.63. The third kappa shape index (κ3) is 2.51. The summed E-state index contributed by atoms with van der Waals surface area (Å²) in [7, 11) is 0. The van der Waals surface area contributed by atoms with Gasteiger partial charge in [-0.25, -0.2) is 4.98 Å². The van der Waals surface area contributed by atoms with Crippen LogP contribution in [0.25, 0.3) is 10.9 Å². The topological polar surface area (TPSA) is 51.6 Å². The standard InChI is InChI=1S/C12H12INO3/c1-2-16-17-11-8-5-3-4-6-10(8)14-12(13)9(11)7-15/h3-6,15H,2,7H2,1H3. The zero-order valence-corrected chi connectivity index (χ0v) is 11.5. The summed E-state index contributed by atoms with van der Waals surface area (Å²) in [6, 6.07) is 7.61. The molecule has 0 saturated carbocycles. The van der Waals surface area contributed by atoms with Gasteiger partial charge >= 0.3 is 0 Å². The van der Waals surface area contributed by atoms with Crippen molar-refractivity contribution in [2.75, 3.05) is 6.61 Å². The number of halogens is 1. The van der Waals surface area contributed by atoms with Crippen molar-refractivity contribution in [2.24, 2.45) is 0 Å². The molecule has 1 N–H and O–H groups in total. The first-order valence-corrected chi connectivity index (χ1v) is 6.33. The molecule has 90 valence electrons. The van der Waals surface area contributed by atoms with Gasteiger partial charge in [0.25, 0.3) is 0 Å². The number of benzene rings is 1. The number of rotatable bonds is 4. The molecule has 1 heterocycles. The van der Waals surface area contributed by atoms with Crippen molar-refractivity contribution in [3.05, 3.63) is 33.5 Å². The lowest BCUT2D eigenvalue weighted by atomic mass is 10.1. The molecule has 2 aromatic rings. The van der Waals surface area contributed by atoms with Crippen LogP contribution in [0.1, 0.15) is 12.5 Å². The fraction of sp³-hybridized carbons (Fsp3) is 0.250. The first-order chi connectivity index (χ1) is 8.27. The maximum Gasteiger partial charge on any atom is 0.182 e. The van der Waals surface area contributed by atoms with Gasteiger partial charge in [0.05, 0.1) is 24.3 Å². The number of aromatic nitrogens is 1. The Morgan fingerprint density at radius 3 is 2.82 bits per heavy atom. The molecule has 17 heavy (non-hydrogen) atoms. The minimum absolute atomic E-state index is 0.126. The highest BCUT2D eigenvalue weighted by Gasteiger charge is 2.14. The summed E-state index contributed by atoms with van der Waals surface area (Å²) < 4.78 is 0.721. The van der Waals surface area contributed by atoms with Gasteiger partial charge in [-0.2, -0.15) is 4.89 Å². The van der Waals surface area contributed by atoms with E-state index in [4.69, 9.17) is 9.78 Å². The third-order valence-corrected chi connectivity index (χ3v) is 3.20. The van der Waals surface area contributed by atoms with Crippen LogP contribution in [0.2, 0.25) is 0 Å². The number of aliphatic hydroxyl groups is 1. The molecular formula is C12H12INO3. The Morgan fingerprint density at radius 2 is 2.12 bits per heavy atom. The van der Waals surface area contributed by atoms with E-state index in [9.17, 15) is 5.11 Å². The fourth-order valence-corrected chi connectivity index (χ4v) is 2.22. The van der Waals surface area contributed by atoms with Crippen LogP contribution in [-0.2, 0) is 11.5 Å². The fourth-order valence-electron chi connectivity index (χ4n) is 1.54. The first kappa shape index (κ1) is 12.5. The molecule has 1 aromatic carbocycles. The quantitative estimate of drug-likeness (QED) is 0.401. The van der Waals surface area contributed by atoms with Crippen LogP contribution in [0.3, 0.4) is 0 Å². The highest BCUT2D eigenvalue weighted by atomic mass is 127. The van der Waals surface area contributed by atoms with E-state index in [1.807, 2.05) is 31.2 Å². The van der Waals surface area contributed by atoms with Gasteiger partial charge in [-0.3, -0.25) is 0 Å². The van der Waals surface area contributed by atoms with E-state index in [0.29, 0.717) is 17.9 Å². The third-order valence-electron chi connectivity index (χ3n) is 2.31. The molecule has 0 aliphatic rings. The summed E-state index contributed by atoms with van der Waals surface area (Å²) in [6.07, 6.45) is 0. The van der Waals surface area contributed by atoms with Crippen molar-refractivity contribution in [2.45, 2.75) is 13.5 Å². The highest BCUT2D eigenvalue weighted by molar-refractivity contribution is 14.1. The van der Waals surface area contributed by atoms with Gasteiger partial charge in [-0.15, -0.1) is 0 Å². The Labute approximate surface area is 113 Å². The molecule has 0 aliphatic carbocycles. The second kappa shape index (κ2) is 5.61. The second-order valence-corrected chi connectivity index (χ2v) is 4.40. The maximum atomic E-state index is 9.38. The van der Waals surface area contributed by atoms with Crippen molar-refractivity contribution in [1.29, 1.82) is 0 Å². The van der Waals surface area contributed by atoms with Crippen molar-refractivity contribution >= 4 is 33.5 Å². The molecule has 0 radical (unpaired) electrons. The predicted molar refractivity (Wildman–Crippen MR) is 72.6 cm³/mol. The van der Waals surface area contributed by atoms with Crippen LogP contribution < -0.4 is 4.89 Å². The largest absolute Gasteiger partial charge is 0.391 e. The summed E-state index contributed by atoms with van der Waals surface area (Å²) >= 11 is 2.08. The van der Waals surface area contributed by atoms with Gasteiger partial charge in [0.2, 0.25) is 0 Å². The van der Waals surface area contributed by atoms with E-state index in [-0.39, 0.29) is 6.61 Å².